The maximum atomic E-state index is 13.9. The first-order valence-corrected chi connectivity index (χ1v) is 22.1. The number of imidazole rings is 2. The van der Waals surface area contributed by atoms with Gasteiger partial charge in [0.05, 0.1) is 13.2 Å². The molecule has 55 heavy (non-hydrogen) atoms. The monoisotopic (exact) mass is 992 g/mol. The molecule has 6 heterocycles. The van der Waals surface area contributed by atoms with Crippen molar-refractivity contribution in [2.24, 2.45) is 0 Å². The number of halogens is 2. The highest BCUT2D eigenvalue weighted by molar-refractivity contribution is 9.10. The van der Waals surface area contributed by atoms with E-state index >= 15 is 0 Å². The molecule has 2 saturated heterocycles. The smallest absolute Gasteiger partial charge is 0.387 e. The Kier molecular flexibility index (Phi) is 12.1. The number of hydrogen-bond acceptors (Lipinski definition) is 23. The first-order chi connectivity index (χ1) is 25.5. The number of phosphoric ester groups is 1. The average molecular weight is 994 g/mol. The molecule has 4 aromatic rings. The van der Waals surface area contributed by atoms with Gasteiger partial charge in [0.15, 0.2) is 55.9 Å². The van der Waals surface area contributed by atoms with Gasteiger partial charge in [0.25, 0.3) is 0 Å². The molecule has 0 radical (unpaired) electrons. The first kappa shape index (κ1) is 42.6. The van der Waals surface area contributed by atoms with Gasteiger partial charge in [-0.3, -0.25) is 18.2 Å². The van der Waals surface area contributed by atoms with Gasteiger partial charge in [-0.15, -0.1) is 0 Å². The fraction of sp³-hybridized carbons (Fsp3) is 0.500. The molecule has 0 aromatic carbocycles. The summed E-state index contributed by atoms with van der Waals surface area (Å²) in [6.45, 7) is -2.28. The maximum absolute atomic E-state index is 13.9. The van der Waals surface area contributed by atoms with E-state index in [1.807, 2.05) is 0 Å². The zero-order valence-corrected chi connectivity index (χ0v) is 33.3. The first-order valence-electron chi connectivity index (χ1n) is 14.5. The van der Waals surface area contributed by atoms with Crippen LogP contribution >= 0.6 is 63.2 Å². The van der Waals surface area contributed by atoms with Gasteiger partial charge in [0, 0.05) is 0 Å². The minimum atomic E-state index is -6.27. The topological polar surface area (TPSA) is 434 Å². The molecule has 0 saturated carbocycles. The van der Waals surface area contributed by atoms with E-state index in [2.05, 4.69) is 74.7 Å². The van der Waals surface area contributed by atoms with Crippen LogP contribution in [0.4, 0.5) is 11.6 Å². The van der Waals surface area contributed by atoms with Crippen molar-refractivity contribution < 1.29 is 89.7 Å². The molecule has 6 rings (SSSR count). The second kappa shape index (κ2) is 15.6. The molecule has 35 heteroatoms. The molecular weight excluding hydrogens is 968 g/mol. The molecule has 304 valence electrons. The molecule has 2 aliphatic heterocycles. The summed E-state index contributed by atoms with van der Waals surface area (Å²) in [6.07, 6.45) is -11.6. The van der Waals surface area contributed by atoms with Crippen molar-refractivity contribution >= 4 is 97.1 Å². The van der Waals surface area contributed by atoms with Gasteiger partial charge in [-0.25, -0.2) is 48.2 Å². The van der Waals surface area contributed by atoms with Gasteiger partial charge in [0.1, 0.15) is 49.3 Å². The summed E-state index contributed by atoms with van der Waals surface area (Å²) in [5.41, 5.74) is 11.9. The van der Waals surface area contributed by atoms with Crippen LogP contribution in [-0.2, 0) is 49.7 Å². The van der Waals surface area contributed by atoms with E-state index in [0.717, 1.165) is 21.8 Å². The molecule has 2 fully saturated rings. The van der Waals surface area contributed by atoms with E-state index in [4.69, 9.17) is 39.8 Å². The fourth-order valence-electron chi connectivity index (χ4n) is 5.25. The summed E-state index contributed by atoms with van der Waals surface area (Å²) in [5, 5.41) is 43.3. The lowest BCUT2D eigenvalue weighted by atomic mass is 10.1. The van der Waals surface area contributed by atoms with Crippen LogP contribution in [0.5, 0.6) is 0 Å². The second-order valence-corrected chi connectivity index (χ2v) is 18.8. The van der Waals surface area contributed by atoms with Crippen molar-refractivity contribution in [1.82, 2.24) is 39.0 Å². The van der Waals surface area contributed by atoms with E-state index in [0.29, 0.717) is 0 Å². The van der Waals surface area contributed by atoms with E-state index in [-0.39, 0.29) is 43.4 Å². The maximum Gasteiger partial charge on any atom is 0.490 e. The largest absolute Gasteiger partial charge is 0.490 e. The van der Waals surface area contributed by atoms with Crippen molar-refractivity contribution in [3.05, 3.63) is 22.1 Å². The second-order valence-electron chi connectivity index (χ2n) is 11.2. The molecular formula is C20H26Br2N10O19P4. The van der Waals surface area contributed by atoms with Crippen LogP contribution in [0.1, 0.15) is 12.5 Å². The van der Waals surface area contributed by atoms with Gasteiger partial charge in [-0.1, -0.05) is 0 Å². The minimum absolute atomic E-state index is 0.00330. The highest BCUT2D eigenvalue weighted by atomic mass is 79.9. The highest BCUT2D eigenvalue weighted by Crippen LogP contribution is 2.72. The molecule has 0 bridgehead atoms. The number of anilines is 2. The van der Waals surface area contributed by atoms with Crippen molar-refractivity contribution in [3.63, 3.8) is 0 Å². The number of nitrogen functional groups attached to an aromatic ring is 2. The molecule has 0 aliphatic carbocycles. The average Bonchev–Trinajstić information content (AvgIpc) is 3.75. The van der Waals surface area contributed by atoms with Crippen LogP contribution < -0.4 is 11.5 Å². The van der Waals surface area contributed by atoms with Crippen molar-refractivity contribution in [3.8, 4) is 0 Å². The van der Waals surface area contributed by atoms with Crippen LogP contribution in [0.3, 0.4) is 0 Å². The summed E-state index contributed by atoms with van der Waals surface area (Å²) < 4.78 is 85.3. The Balaban J connectivity index is 1.23. The Labute approximate surface area is 320 Å². The quantitative estimate of drug-likeness (QED) is 0.0539. The van der Waals surface area contributed by atoms with Crippen molar-refractivity contribution in [2.45, 2.75) is 49.1 Å². The number of aromatic nitrogens is 8. The Morgan fingerprint density at radius 1 is 0.655 bits per heavy atom. The predicted octanol–water partition coefficient (Wildman–Crippen LogP) is -0.921. The van der Waals surface area contributed by atoms with E-state index < -0.39 is 93.6 Å². The highest BCUT2D eigenvalue weighted by Gasteiger charge is 2.51. The number of hydrogen-bond donors (Lipinski definition) is 10. The number of nitrogens with zero attached hydrogens (tertiary/aromatic N) is 8. The van der Waals surface area contributed by atoms with Crippen LogP contribution in [0.25, 0.3) is 22.3 Å². The summed E-state index contributed by atoms with van der Waals surface area (Å²) in [6, 6.07) is 0. The molecule has 6 unspecified atom stereocenters. The predicted molar refractivity (Wildman–Crippen MR) is 181 cm³/mol. The zero-order chi connectivity index (χ0) is 40.4. The molecule has 2 aliphatic rings. The Morgan fingerprint density at radius 3 is 1.45 bits per heavy atom. The SMILES string of the molecule is Nc1ncnc2c1nc(Br)n2[C@@H]1O[C@H](COP(=O)(OC[C@H]2O[C@@H](n3c(Br)nc4c(N)ncnc43)C(O)C2O)OP(=O)(O)OP(=O)(O)OP(=O)(O)O)C(O)C1O. The van der Waals surface area contributed by atoms with Gasteiger partial charge in [0.2, 0.25) is 0 Å². The molecule has 12 N–H and O–H groups in total. The summed E-state index contributed by atoms with van der Waals surface area (Å²) in [4.78, 5) is 61.4. The number of nitrogens with two attached hydrogens (primary N) is 2. The van der Waals surface area contributed by atoms with Crippen molar-refractivity contribution in [1.29, 1.82) is 0 Å². The lowest BCUT2D eigenvalue weighted by molar-refractivity contribution is -0.0615. The van der Waals surface area contributed by atoms with Gasteiger partial charge >= 0.3 is 31.3 Å². The van der Waals surface area contributed by atoms with E-state index in [1.165, 1.54) is 0 Å². The van der Waals surface area contributed by atoms with Crippen LogP contribution in [0.2, 0.25) is 0 Å². The Morgan fingerprint density at radius 2 is 1.05 bits per heavy atom. The third kappa shape index (κ3) is 9.02. The van der Waals surface area contributed by atoms with Gasteiger partial charge < -0.3 is 60.9 Å². The zero-order valence-electron chi connectivity index (χ0n) is 26.5. The van der Waals surface area contributed by atoms with E-state index in [1.54, 1.807) is 0 Å². The number of ether oxygens (including phenoxy) is 2. The number of fused-ring (bicyclic) bond motifs is 2. The Hall–Kier alpha value is -2.02. The Bertz CT molecular complexity index is 2180. The van der Waals surface area contributed by atoms with E-state index in [9.17, 15) is 48.5 Å². The summed E-state index contributed by atoms with van der Waals surface area (Å²) in [5.74, 6) is -0.108. The van der Waals surface area contributed by atoms with Gasteiger partial charge in [-0.2, -0.15) is 12.9 Å². The van der Waals surface area contributed by atoms with Crippen LogP contribution in [0, 0.1) is 0 Å². The lowest BCUT2D eigenvalue weighted by Crippen LogP contribution is -2.34. The van der Waals surface area contributed by atoms with Crippen molar-refractivity contribution in [2.75, 3.05) is 24.7 Å². The molecule has 10 atom stereocenters. The minimum Gasteiger partial charge on any atom is -0.387 e. The van der Waals surface area contributed by atoms with Crippen LogP contribution in [0.15, 0.2) is 22.1 Å². The molecule has 0 amide bonds. The third-order valence-corrected chi connectivity index (χ3v) is 14.5. The normalized spacial score (nSPS) is 29.4. The molecule has 29 nitrogen and oxygen atoms in total. The lowest BCUT2D eigenvalue weighted by Gasteiger charge is -2.24. The molecule has 0 spiro atoms. The standard InChI is InChI=1S/C20H26Br2N10O19P4/c21-19-29-7-13(23)25-3-27-15(7)31(19)17-11(35)9(33)5(47-17)1-45-55(44,51-54(42,43)50-53(40,41)49-52(37,38)39)46-2-6-10(34)12(36)18(48-6)32-16-8(30-20(32)22)14(24)26-4-28-16/h3-6,9-12,17-18,33-36H,1-2H2,(H,40,41)(H,42,43)(H2,23,25,27)(H2,24,26,28)(H2,37,38,39)/t5-,6-,9?,10?,11?,12?,17-,18-,55?/m1/s1. The number of phosphoric acid groups is 4. The summed E-state index contributed by atoms with van der Waals surface area (Å²) >= 11 is 6.32. The number of rotatable bonds is 14. The number of aliphatic hydroxyl groups is 4. The summed E-state index contributed by atoms with van der Waals surface area (Å²) in [7, 11) is -24.0. The number of aliphatic hydroxyl groups excluding tert-OH is 4. The molecule has 4 aromatic heterocycles. The van der Waals surface area contributed by atoms with Crippen LogP contribution in [-0.4, -0.2) is 129 Å². The fourth-order valence-corrected chi connectivity index (χ4v) is 11.4. The third-order valence-electron chi connectivity index (χ3n) is 7.52. The van der Waals surface area contributed by atoms with Gasteiger partial charge in [-0.05, 0) is 31.9 Å².